The maximum atomic E-state index is 12.3. The van der Waals surface area contributed by atoms with Gasteiger partial charge >= 0.3 is 5.97 Å². The molecule has 1 aliphatic heterocycles. The molecule has 1 saturated heterocycles. The number of carbonyl (C=O) groups excluding carboxylic acids is 1. The summed E-state index contributed by atoms with van der Waals surface area (Å²) in [5.41, 5.74) is 0.897. The van der Waals surface area contributed by atoms with Crippen molar-refractivity contribution in [1.82, 2.24) is 4.90 Å². The van der Waals surface area contributed by atoms with E-state index in [2.05, 4.69) is 0 Å². The lowest BCUT2D eigenvalue weighted by molar-refractivity contribution is -0.131. The zero-order valence-corrected chi connectivity index (χ0v) is 12.0. The van der Waals surface area contributed by atoms with Crippen LogP contribution in [0.15, 0.2) is 12.1 Å². The molecule has 1 aromatic heterocycles. The molecule has 1 fully saturated rings. The Morgan fingerprint density at radius 3 is 2.90 bits per heavy atom. The first-order valence-corrected chi connectivity index (χ1v) is 7.24. The summed E-state index contributed by atoms with van der Waals surface area (Å²) in [7, 11) is 0. The Bertz CT molecular complexity index is 549. The van der Waals surface area contributed by atoms with E-state index in [4.69, 9.17) is 10.2 Å². The molecule has 1 aliphatic rings. The molecule has 0 bridgehead atoms. The van der Waals surface area contributed by atoms with E-state index in [1.165, 1.54) is 17.4 Å². The van der Waals surface area contributed by atoms with Crippen molar-refractivity contribution in [2.24, 2.45) is 5.92 Å². The number of hydrogen-bond acceptors (Lipinski definition) is 4. The van der Waals surface area contributed by atoms with E-state index in [9.17, 15) is 9.59 Å². The van der Waals surface area contributed by atoms with Crippen LogP contribution >= 0.6 is 11.3 Å². The van der Waals surface area contributed by atoms with Crippen molar-refractivity contribution in [3.63, 3.8) is 0 Å². The number of nitrogens with zero attached hydrogens (tertiary/aromatic N) is 1. The van der Waals surface area contributed by atoms with Crippen LogP contribution in [0.2, 0.25) is 0 Å². The molecule has 0 aliphatic carbocycles. The van der Waals surface area contributed by atoms with Crippen LogP contribution in [-0.2, 0) is 4.79 Å². The Hall–Kier alpha value is -1.66. The Balaban J connectivity index is 2.11. The second kappa shape index (κ2) is 6.19. The molecule has 0 spiro atoms. The van der Waals surface area contributed by atoms with Crippen molar-refractivity contribution in [2.45, 2.75) is 13.3 Å². The largest absolute Gasteiger partial charge is 0.478 e. The Morgan fingerprint density at radius 2 is 2.30 bits per heavy atom. The van der Waals surface area contributed by atoms with Crippen LogP contribution in [0.4, 0.5) is 0 Å². The van der Waals surface area contributed by atoms with E-state index in [1.807, 2.05) is 6.92 Å². The molecular formula is C14H17NO4S. The average molecular weight is 295 g/mol. The standard InChI is InChI=1S/C14H17NO4S/c1-9-6-12(20-11(9)2-3-13(17)18)14(19)15-5-4-10(7-15)8-16/h2-3,6,10,16H,4-5,7-8H2,1H3,(H,17,18)/b3-2+. The topological polar surface area (TPSA) is 77.8 Å². The fourth-order valence-corrected chi connectivity index (χ4v) is 3.28. The number of aryl methyl sites for hydroxylation is 1. The highest BCUT2D eigenvalue weighted by Crippen LogP contribution is 2.26. The minimum absolute atomic E-state index is 0.0379. The van der Waals surface area contributed by atoms with Crippen LogP contribution in [0.3, 0.4) is 0 Å². The van der Waals surface area contributed by atoms with Gasteiger partial charge in [0.05, 0.1) is 4.88 Å². The SMILES string of the molecule is Cc1cc(C(=O)N2CCC(CO)C2)sc1/C=C/C(=O)O. The van der Waals surface area contributed by atoms with Gasteiger partial charge in [-0.25, -0.2) is 4.79 Å². The summed E-state index contributed by atoms with van der Waals surface area (Å²) in [6.45, 7) is 3.23. The summed E-state index contributed by atoms with van der Waals surface area (Å²) in [5.74, 6) is -0.869. The zero-order valence-electron chi connectivity index (χ0n) is 11.2. The van der Waals surface area contributed by atoms with E-state index >= 15 is 0 Å². The second-order valence-corrected chi connectivity index (χ2v) is 6.00. The number of rotatable bonds is 4. The van der Waals surface area contributed by atoms with Gasteiger partial charge in [0.25, 0.3) is 5.91 Å². The van der Waals surface area contributed by atoms with Gasteiger partial charge in [-0.1, -0.05) is 0 Å². The molecule has 5 nitrogen and oxygen atoms in total. The molecule has 2 rings (SSSR count). The van der Waals surface area contributed by atoms with Gasteiger partial charge in [-0.05, 0) is 31.1 Å². The Morgan fingerprint density at radius 1 is 1.55 bits per heavy atom. The first kappa shape index (κ1) is 14.7. The number of carboxylic acid groups (broad SMARTS) is 1. The molecule has 1 atom stereocenters. The monoisotopic (exact) mass is 295 g/mol. The fraction of sp³-hybridized carbons (Fsp3) is 0.429. The predicted molar refractivity (Wildman–Crippen MR) is 76.8 cm³/mol. The predicted octanol–water partition coefficient (Wildman–Crippen LogP) is 1.61. The van der Waals surface area contributed by atoms with Crippen LogP contribution in [0.5, 0.6) is 0 Å². The average Bonchev–Trinajstić information content (AvgIpc) is 3.02. The minimum Gasteiger partial charge on any atom is -0.478 e. The molecule has 6 heteroatoms. The van der Waals surface area contributed by atoms with Gasteiger partial charge in [0.1, 0.15) is 0 Å². The van der Waals surface area contributed by atoms with Gasteiger partial charge in [0.2, 0.25) is 0 Å². The molecule has 108 valence electrons. The number of carbonyl (C=O) groups is 2. The van der Waals surface area contributed by atoms with E-state index in [0.29, 0.717) is 18.0 Å². The second-order valence-electron chi connectivity index (χ2n) is 4.92. The van der Waals surface area contributed by atoms with Crippen LogP contribution in [0.1, 0.15) is 26.5 Å². The van der Waals surface area contributed by atoms with Gasteiger partial charge in [-0.15, -0.1) is 11.3 Å². The number of aliphatic carboxylic acids is 1. The van der Waals surface area contributed by atoms with Gasteiger partial charge in [-0.3, -0.25) is 4.79 Å². The molecule has 0 saturated carbocycles. The van der Waals surface area contributed by atoms with Crippen molar-refractivity contribution in [1.29, 1.82) is 0 Å². The zero-order chi connectivity index (χ0) is 14.7. The summed E-state index contributed by atoms with van der Waals surface area (Å²) in [6, 6.07) is 1.79. The Labute approximate surface area is 121 Å². The maximum Gasteiger partial charge on any atom is 0.328 e. The van der Waals surface area contributed by atoms with Gasteiger partial charge < -0.3 is 15.1 Å². The number of hydrogen-bond donors (Lipinski definition) is 2. The molecule has 20 heavy (non-hydrogen) atoms. The van der Waals surface area contributed by atoms with Crippen molar-refractivity contribution >= 4 is 29.3 Å². The molecule has 0 aromatic carbocycles. The highest BCUT2D eigenvalue weighted by atomic mass is 32.1. The van der Waals surface area contributed by atoms with Crippen molar-refractivity contribution < 1.29 is 19.8 Å². The highest BCUT2D eigenvalue weighted by Gasteiger charge is 2.27. The summed E-state index contributed by atoms with van der Waals surface area (Å²) in [4.78, 5) is 26.0. The highest BCUT2D eigenvalue weighted by molar-refractivity contribution is 7.15. The van der Waals surface area contributed by atoms with Crippen LogP contribution in [0.25, 0.3) is 6.08 Å². The Kier molecular flexibility index (Phi) is 4.57. The summed E-state index contributed by atoms with van der Waals surface area (Å²) in [6.07, 6.45) is 3.42. The lowest BCUT2D eigenvalue weighted by Gasteiger charge is -2.14. The molecule has 0 radical (unpaired) electrons. The summed E-state index contributed by atoms with van der Waals surface area (Å²) in [5, 5.41) is 17.7. The number of likely N-dealkylation sites (tertiary alicyclic amines) is 1. The molecular weight excluding hydrogens is 278 g/mol. The molecule has 1 aromatic rings. The van der Waals surface area contributed by atoms with E-state index < -0.39 is 5.97 Å². The number of amides is 1. The summed E-state index contributed by atoms with van der Waals surface area (Å²) >= 11 is 1.30. The third-order valence-corrected chi connectivity index (χ3v) is 4.57. The summed E-state index contributed by atoms with van der Waals surface area (Å²) < 4.78 is 0. The normalized spacial score (nSPS) is 18.9. The van der Waals surface area contributed by atoms with Crippen molar-refractivity contribution in [2.75, 3.05) is 19.7 Å². The number of thiophene rings is 1. The van der Waals surface area contributed by atoms with E-state index in [1.54, 1.807) is 11.0 Å². The van der Waals surface area contributed by atoms with Crippen LogP contribution in [-0.4, -0.2) is 46.7 Å². The van der Waals surface area contributed by atoms with E-state index in [-0.39, 0.29) is 18.4 Å². The van der Waals surface area contributed by atoms with E-state index in [0.717, 1.165) is 22.9 Å². The number of carboxylic acids is 1. The molecule has 1 unspecified atom stereocenters. The van der Waals surface area contributed by atoms with Crippen LogP contribution < -0.4 is 0 Å². The van der Waals surface area contributed by atoms with Gasteiger partial charge in [-0.2, -0.15) is 0 Å². The fourth-order valence-electron chi connectivity index (χ4n) is 2.24. The quantitative estimate of drug-likeness (QED) is 0.827. The first-order chi connectivity index (χ1) is 9.51. The number of aliphatic hydroxyl groups is 1. The smallest absolute Gasteiger partial charge is 0.328 e. The third kappa shape index (κ3) is 3.26. The maximum absolute atomic E-state index is 12.3. The lowest BCUT2D eigenvalue weighted by Crippen LogP contribution is -2.28. The number of aliphatic hydroxyl groups excluding tert-OH is 1. The molecule has 1 amide bonds. The van der Waals surface area contributed by atoms with Gasteiger partial charge in [0.15, 0.2) is 0 Å². The first-order valence-electron chi connectivity index (χ1n) is 6.43. The van der Waals surface area contributed by atoms with Crippen LogP contribution in [0, 0.1) is 12.8 Å². The lowest BCUT2D eigenvalue weighted by atomic mass is 10.1. The third-order valence-electron chi connectivity index (χ3n) is 3.38. The van der Waals surface area contributed by atoms with Crippen molar-refractivity contribution in [3.8, 4) is 0 Å². The minimum atomic E-state index is -1.00. The molecule has 2 N–H and O–H groups in total. The van der Waals surface area contributed by atoms with Gasteiger partial charge in [0, 0.05) is 36.6 Å². The molecule has 2 heterocycles. The van der Waals surface area contributed by atoms with Crippen molar-refractivity contribution in [3.05, 3.63) is 27.5 Å².